The van der Waals surface area contributed by atoms with Crippen molar-refractivity contribution >= 4 is 11.6 Å². The molecule has 0 spiro atoms. The highest BCUT2D eigenvalue weighted by molar-refractivity contribution is 6.32. The van der Waals surface area contributed by atoms with Crippen molar-refractivity contribution in [2.24, 2.45) is 0 Å². The number of benzene rings is 1. The van der Waals surface area contributed by atoms with Crippen LogP contribution in [0.3, 0.4) is 0 Å². The largest absolute Gasteiger partial charge is 0.486 e. The number of imidazole rings is 1. The lowest BCUT2D eigenvalue weighted by molar-refractivity contribution is 0.169. The molecule has 0 saturated carbocycles. The molecule has 0 saturated heterocycles. The summed E-state index contributed by atoms with van der Waals surface area (Å²) in [6.45, 7) is 3.70. The summed E-state index contributed by atoms with van der Waals surface area (Å²) in [7, 11) is 0. The van der Waals surface area contributed by atoms with Gasteiger partial charge in [-0.05, 0) is 24.6 Å². The molecule has 0 fully saturated rings. The molecule has 1 unspecified atom stereocenters. The molecule has 2 heterocycles. The maximum atomic E-state index is 10.5. The Morgan fingerprint density at radius 1 is 1.40 bits per heavy atom. The Morgan fingerprint density at radius 3 is 3.00 bits per heavy atom. The van der Waals surface area contributed by atoms with Gasteiger partial charge in [0.1, 0.15) is 25.1 Å². The summed E-state index contributed by atoms with van der Waals surface area (Å²) in [5, 5.41) is 10.9. The van der Waals surface area contributed by atoms with E-state index in [9.17, 15) is 5.11 Å². The van der Waals surface area contributed by atoms with Gasteiger partial charge >= 0.3 is 0 Å². The molecular formula is C14H15ClN2O3. The summed E-state index contributed by atoms with van der Waals surface area (Å²) in [4.78, 5) is 4.20. The highest BCUT2D eigenvalue weighted by Gasteiger charge is 2.22. The molecule has 1 aliphatic heterocycles. The van der Waals surface area contributed by atoms with Crippen molar-refractivity contribution in [1.29, 1.82) is 0 Å². The number of aliphatic hydroxyl groups is 1. The van der Waals surface area contributed by atoms with Crippen LogP contribution in [0.15, 0.2) is 24.5 Å². The van der Waals surface area contributed by atoms with Crippen LogP contribution in [0.1, 0.15) is 24.4 Å². The Morgan fingerprint density at radius 2 is 2.20 bits per heavy atom. The van der Waals surface area contributed by atoms with Crippen LogP contribution >= 0.6 is 11.6 Å². The lowest BCUT2D eigenvalue weighted by Gasteiger charge is -2.21. The second-order valence-electron chi connectivity index (χ2n) is 4.50. The first-order valence-corrected chi connectivity index (χ1v) is 6.86. The monoisotopic (exact) mass is 294 g/mol. The number of rotatable bonds is 3. The van der Waals surface area contributed by atoms with Crippen LogP contribution in [0.4, 0.5) is 0 Å². The van der Waals surface area contributed by atoms with Crippen molar-refractivity contribution in [3.63, 3.8) is 0 Å². The molecule has 20 heavy (non-hydrogen) atoms. The van der Waals surface area contributed by atoms with Crippen molar-refractivity contribution in [3.05, 3.63) is 40.9 Å². The summed E-state index contributed by atoms with van der Waals surface area (Å²) < 4.78 is 12.9. The van der Waals surface area contributed by atoms with Gasteiger partial charge in [0.15, 0.2) is 11.5 Å². The summed E-state index contributed by atoms with van der Waals surface area (Å²) in [6.07, 6.45) is 2.65. The third-order valence-electron chi connectivity index (χ3n) is 3.27. The number of aromatic nitrogens is 2. The van der Waals surface area contributed by atoms with Gasteiger partial charge in [0.05, 0.1) is 5.02 Å². The predicted molar refractivity (Wildman–Crippen MR) is 74.4 cm³/mol. The van der Waals surface area contributed by atoms with Crippen LogP contribution in [0, 0.1) is 0 Å². The molecule has 0 amide bonds. The smallest absolute Gasteiger partial charge is 0.179 e. The van der Waals surface area contributed by atoms with Crippen LogP contribution in [0.2, 0.25) is 5.02 Å². The van der Waals surface area contributed by atoms with Gasteiger partial charge in [0.2, 0.25) is 0 Å². The van der Waals surface area contributed by atoms with Crippen LogP contribution < -0.4 is 9.47 Å². The normalized spacial score (nSPS) is 15.2. The minimum atomic E-state index is -0.849. The van der Waals surface area contributed by atoms with E-state index in [2.05, 4.69) is 4.98 Å². The van der Waals surface area contributed by atoms with Crippen molar-refractivity contribution in [2.45, 2.75) is 19.6 Å². The molecule has 1 aromatic carbocycles. The SMILES string of the molecule is CCn1ccnc1C(O)c1cc(Cl)c2c(c1)OCCO2. The van der Waals surface area contributed by atoms with E-state index in [1.165, 1.54) is 0 Å². The Hall–Kier alpha value is -1.72. The summed E-state index contributed by atoms with van der Waals surface area (Å²) >= 11 is 6.18. The van der Waals surface area contributed by atoms with Crippen molar-refractivity contribution in [1.82, 2.24) is 9.55 Å². The first-order chi connectivity index (χ1) is 9.70. The molecule has 0 radical (unpaired) electrons. The molecule has 5 nitrogen and oxygen atoms in total. The Kier molecular flexibility index (Phi) is 3.54. The summed E-state index contributed by atoms with van der Waals surface area (Å²) in [6, 6.07) is 3.44. The average molecular weight is 295 g/mol. The van der Waals surface area contributed by atoms with E-state index < -0.39 is 6.10 Å². The molecule has 1 aromatic heterocycles. The molecule has 0 aliphatic carbocycles. The topological polar surface area (TPSA) is 56.5 Å². The fourth-order valence-corrected chi connectivity index (χ4v) is 2.55. The molecule has 106 valence electrons. The van der Waals surface area contributed by atoms with Gasteiger partial charge < -0.3 is 19.1 Å². The molecule has 3 rings (SSSR count). The number of aliphatic hydroxyl groups excluding tert-OH is 1. The number of fused-ring (bicyclic) bond motifs is 1. The minimum absolute atomic E-state index is 0.436. The van der Waals surface area contributed by atoms with E-state index in [-0.39, 0.29) is 0 Å². The molecule has 6 heteroatoms. The van der Waals surface area contributed by atoms with Gasteiger partial charge in [-0.3, -0.25) is 0 Å². The lowest BCUT2D eigenvalue weighted by atomic mass is 10.1. The standard InChI is InChI=1S/C14H15ClN2O3/c1-2-17-4-3-16-14(17)12(18)9-7-10(15)13-11(8-9)19-5-6-20-13/h3-4,7-8,12,18H,2,5-6H2,1H3. The van der Waals surface area contributed by atoms with Crippen molar-refractivity contribution in [3.8, 4) is 11.5 Å². The zero-order chi connectivity index (χ0) is 14.1. The van der Waals surface area contributed by atoms with E-state index in [1.54, 1.807) is 18.3 Å². The molecule has 1 N–H and O–H groups in total. The Balaban J connectivity index is 2.00. The van der Waals surface area contributed by atoms with Crippen LogP contribution in [-0.4, -0.2) is 27.9 Å². The van der Waals surface area contributed by atoms with Crippen molar-refractivity contribution in [2.75, 3.05) is 13.2 Å². The highest BCUT2D eigenvalue weighted by Crippen LogP contribution is 2.40. The number of hydrogen-bond donors (Lipinski definition) is 1. The molecule has 1 aliphatic rings. The third kappa shape index (κ3) is 2.23. The minimum Gasteiger partial charge on any atom is -0.486 e. The van der Waals surface area contributed by atoms with E-state index in [0.717, 1.165) is 6.54 Å². The first-order valence-electron chi connectivity index (χ1n) is 6.49. The fraction of sp³-hybridized carbons (Fsp3) is 0.357. The van der Waals surface area contributed by atoms with Gasteiger partial charge in [-0.2, -0.15) is 0 Å². The van der Waals surface area contributed by atoms with Crippen LogP contribution in [0.25, 0.3) is 0 Å². The Labute approximate surface area is 121 Å². The average Bonchev–Trinajstić information content (AvgIpc) is 2.95. The summed E-state index contributed by atoms with van der Waals surface area (Å²) in [5.41, 5.74) is 0.639. The number of nitrogens with zero attached hydrogens (tertiary/aromatic N) is 2. The van der Waals surface area contributed by atoms with E-state index in [4.69, 9.17) is 21.1 Å². The Bertz CT molecular complexity index is 627. The number of hydrogen-bond acceptors (Lipinski definition) is 4. The van der Waals surface area contributed by atoms with Crippen LogP contribution in [-0.2, 0) is 6.54 Å². The lowest BCUT2D eigenvalue weighted by Crippen LogP contribution is -2.16. The zero-order valence-electron chi connectivity index (χ0n) is 11.0. The van der Waals surface area contributed by atoms with Gasteiger partial charge in [-0.25, -0.2) is 4.98 Å². The third-order valence-corrected chi connectivity index (χ3v) is 3.55. The van der Waals surface area contributed by atoms with Gasteiger partial charge in [-0.15, -0.1) is 0 Å². The van der Waals surface area contributed by atoms with Gasteiger partial charge in [0, 0.05) is 18.9 Å². The number of ether oxygens (including phenoxy) is 2. The number of aryl methyl sites for hydroxylation is 1. The predicted octanol–water partition coefficient (Wildman–Crippen LogP) is 2.41. The van der Waals surface area contributed by atoms with E-state index >= 15 is 0 Å². The molecule has 2 aromatic rings. The fourth-order valence-electron chi connectivity index (χ4n) is 2.27. The second-order valence-corrected chi connectivity index (χ2v) is 4.91. The van der Waals surface area contributed by atoms with E-state index in [1.807, 2.05) is 17.7 Å². The summed E-state index contributed by atoms with van der Waals surface area (Å²) in [5.74, 6) is 1.68. The van der Waals surface area contributed by atoms with Gasteiger partial charge in [0.25, 0.3) is 0 Å². The van der Waals surface area contributed by atoms with Crippen molar-refractivity contribution < 1.29 is 14.6 Å². The quantitative estimate of drug-likeness (QED) is 0.944. The van der Waals surface area contributed by atoms with Crippen LogP contribution in [0.5, 0.6) is 11.5 Å². The molecular weight excluding hydrogens is 280 g/mol. The maximum absolute atomic E-state index is 10.5. The second kappa shape index (κ2) is 5.34. The van der Waals surface area contributed by atoms with E-state index in [0.29, 0.717) is 41.1 Å². The highest BCUT2D eigenvalue weighted by atomic mass is 35.5. The first kappa shape index (κ1) is 13.3. The zero-order valence-corrected chi connectivity index (χ0v) is 11.8. The molecule has 0 bridgehead atoms. The maximum Gasteiger partial charge on any atom is 0.179 e. The molecule has 1 atom stereocenters. The number of halogens is 1. The van der Waals surface area contributed by atoms with Gasteiger partial charge in [-0.1, -0.05) is 11.6 Å².